The molecular formula is C13H18OS2. The second-order valence-electron chi connectivity index (χ2n) is 4.12. The van der Waals surface area contributed by atoms with Crippen LogP contribution in [0.1, 0.15) is 30.1 Å². The summed E-state index contributed by atoms with van der Waals surface area (Å²) < 4.78 is 0. The Hall–Kier alpha value is -0.120. The second kappa shape index (κ2) is 5.99. The molecule has 1 aliphatic heterocycles. The zero-order chi connectivity index (χ0) is 11.4. The molecule has 1 atom stereocenters. The van der Waals surface area contributed by atoms with E-state index in [4.69, 9.17) is 0 Å². The molecule has 0 radical (unpaired) electrons. The monoisotopic (exact) mass is 254 g/mol. The molecular weight excluding hydrogens is 236 g/mol. The van der Waals surface area contributed by atoms with Crippen molar-refractivity contribution >= 4 is 23.5 Å². The Morgan fingerprint density at radius 2 is 2.38 bits per heavy atom. The highest BCUT2D eigenvalue weighted by Gasteiger charge is 2.13. The van der Waals surface area contributed by atoms with Crippen molar-refractivity contribution in [3.8, 4) is 0 Å². The van der Waals surface area contributed by atoms with Gasteiger partial charge in [-0.05, 0) is 54.2 Å². The van der Waals surface area contributed by atoms with Gasteiger partial charge >= 0.3 is 0 Å². The largest absolute Gasteiger partial charge is 0.388 e. The number of fused-ring (bicyclic) bond motifs is 1. The smallest absolute Gasteiger partial charge is 0.0798 e. The summed E-state index contributed by atoms with van der Waals surface area (Å²) in [5.41, 5.74) is 2.52. The van der Waals surface area contributed by atoms with Gasteiger partial charge in [-0.15, -0.1) is 11.8 Å². The van der Waals surface area contributed by atoms with E-state index >= 15 is 0 Å². The zero-order valence-electron chi connectivity index (χ0n) is 9.61. The van der Waals surface area contributed by atoms with Gasteiger partial charge in [0, 0.05) is 4.90 Å². The first kappa shape index (κ1) is 12.3. The van der Waals surface area contributed by atoms with Crippen LogP contribution in [0.4, 0.5) is 0 Å². The lowest BCUT2D eigenvalue weighted by molar-refractivity contribution is 0.175. The van der Waals surface area contributed by atoms with Crippen LogP contribution in [0.15, 0.2) is 23.1 Å². The third kappa shape index (κ3) is 2.96. The van der Waals surface area contributed by atoms with Gasteiger partial charge in [0.05, 0.1) is 6.10 Å². The number of benzene rings is 1. The van der Waals surface area contributed by atoms with Gasteiger partial charge in [0.1, 0.15) is 0 Å². The number of aliphatic hydroxyl groups excluding tert-OH is 1. The van der Waals surface area contributed by atoms with Crippen molar-refractivity contribution in [2.75, 3.05) is 17.8 Å². The van der Waals surface area contributed by atoms with E-state index in [0.29, 0.717) is 0 Å². The van der Waals surface area contributed by atoms with Crippen LogP contribution in [0.5, 0.6) is 0 Å². The molecule has 1 N–H and O–H groups in total. The fourth-order valence-corrected chi connectivity index (χ4v) is 3.46. The first-order valence-corrected chi connectivity index (χ1v) is 8.12. The van der Waals surface area contributed by atoms with E-state index in [1.54, 1.807) is 11.8 Å². The molecule has 0 aromatic heterocycles. The lowest BCUT2D eigenvalue weighted by atomic mass is 10.0. The van der Waals surface area contributed by atoms with E-state index in [2.05, 4.69) is 24.5 Å². The molecule has 0 saturated heterocycles. The Morgan fingerprint density at radius 3 is 3.19 bits per heavy atom. The number of aliphatic hydroxyl groups is 1. The predicted molar refractivity (Wildman–Crippen MR) is 73.4 cm³/mol. The standard InChI is InChI=1S/C13H18OS2/c1-15-8-6-12(14)10-4-5-13-11(9-10)3-2-7-16-13/h4-5,9,12,14H,2-3,6-8H2,1H3. The second-order valence-corrected chi connectivity index (χ2v) is 6.24. The first-order chi connectivity index (χ1) is 7.81. The molecule has 0 aliphatic carbocycles. The van der Waals surface area contributed by atoms with Crippen LogP contribution < -0.4 is 0 Å². The molecule has 3 heteroatoms. The average molecular weight is 254 g/mol. The summed E-state index contributed by atoms with van der Waals surface area (Å²) in [5, 5.41) is 10.0. The van der Waals surface area contributed by atoms with E-state index in [9.17, 15) is 5.11 Å². The van der Waals surface area contributed by atoms with Gasteiger partial charge in [0.15, 0.2) is 0 Å². The van der Waals surface area contributed by atoms with Crippen LogP contribution in [0.3, 0.4) is 0 Å². The van der Waals surface area contributed by atoms with Gasteiger partial charge in [-0.3, -0.25) is 0 Å². The van der Waals surface area contributed by atoms with Crippen molar-refractivity contribution in [2.24, 2.45) is 0 Å². The summed E-state index contributed by atoms with van der Waals surface area (Å²) in [6, 6.07) is 6.46. The molecule has 1 aliphatic rings. The molecule has 88 valence electrons. The molecule has 1 nitrogen and oxygen atoms in total. The molecule has 0 fully saturated rings. The number of hydrogen-bond acceptors (Lipinski definition) is 3. The highest BCUT2D eigenvalue weighted by Crippen LogP contribution is 2.32. The van der Waals surface area contributed by atoms with Crippen LogP contribution in [0.25, 0.3) is 0 Å². The van der Waals surface area contributed by atoms with Gasteiger partial charge in [0.25, 0.3) is 0 Å². The molecule has 1 heterocycles. The Bertz CT molecular complexity index is 352. The van der Waals surface area contributed by atoms with Crippen LogP contribution in [0.2, 0.25) is 0 Å². The number of hydrogen-bond donors (Lipinski definition) is 1. The van der Waals surface area contributed by atoms with Gasteiger partial charge < -0.3 is 5.11 Å². The summed E-state index contributed by atoms with van der Waals surface area (Å²) in [4.78, 5) is 1.41. The topological polar surface area (TPSA) is 20.2 Å². The third-order valence-electron chi connectivity index (χ3n) is 2.91. The van der Waals surface area contributed by atoms with E-state index in [0.717, 1.165) is 17.7 Å². The summed E-state index contributed by atoms with van der Waals surface area (Å²) in [6.07, 6.45) is 5.08. The minimum absolute atomic E-state index is 0.287. The van der Waals surface area contributed by atoms with Crippen molar-refractivity contribution in [1.82, 2.24) is 0 Å². The normalized spacial score (nSPS) is 16.9. The van der Waals surface area contributed by atoms with Crippen molar-refractivity contribution in [1.29, 1.82) is 0 Å². The lowest BCUT2D eigenvalue weighted by Crippen LogP contribution is -2.03. The summed E-state index contributed by atoms with van der Waals surface area (Å²) in [6.45, 7) is 0. The summed E-state index contributed by atoms with van der Waals surface area (Å²) in [7, 11) is 0. The van der Waals surface area contributed by atoms with Crippen LogP contribution in [0, 0.1) is 0 Å². The minimum Gasteiger partial charge on any atom is -0.388 e. The fourth-order valence-electron chi connectivity index (χ4n) is 1.98. The van der Waals surface area contributed by atoms with E-state index in [-0.39, 0.29) is 6.10 Å². The van der Waals surface area contributed by atoms with Crippen LogP contribution in [-0.2, 0) is 6.42 Å². The van der Waals surface area contributed by atoms with Gasteiger partial charge in [-0.25, -0.2) is 0 Å². The predicted octanol–water partition coefficient (Wildman–Crippen LogP) is 3.51. The molecule has 1 aromatic rings. The zero-order valence-corrected chi connectivity index (χ0v) is 11.2. The first-order valence-electron chi connectivity index (χ1n) is 5.74. The Morgan fingerprint density at radius 1 is 1.50 bits per heavy atom. The van der Waals surface area contributed by atoms with Crippen LogP contribution >= 0.6 is 23.5 Å². The molecule has 0 bridgehead atoms. The van der Waals surface area contributed by atoms with Gasteiger partial charge in [-0.2, -0.15) is 11.8 Å². The fraction of sp³-hybridized carbons (Fsp3) is 0.538. The highest BCUT2D eigenvalue weighted by atomic mass is 32.2. The summed E-state index contributed by atoms with van der Waals surface area (Å²) >= 11 is 3.73. The molecule has 1 unspecified atom stereocenters. The SMILES string of the molecule is CSCCC(O)c1ccc2c(c1)CCCS2. The average Bonchev–Trinajstić information content (AvgIpc) is 2.35. The van der Waals surface area contributed by atoms with Crippen LogP contribution in [-0.4, -0.2) is 22.9 Å². The van der Waals surface area contributed by atoms with E-state index in [1.807, 2.05) is 11.8 Å². The Labute approximate surface area is 106 Å². The molecule has 0 saturated carbocycles. The molecule has 2 rings (SSSR count). The molecule has 0 spiro atoms. The van der Waals surface area contributed by atoms with Gasteiger partial charge in [0.2, 0.25) is 0 Å². The maximum absolute atomic E-state index is 10.0. The van der Waals surface area contributed by atoms with Crippen molar-refractivity contribution in [3.05, 3.63) is 29.3 Å². The molecule has 1 aromatic carbocycles. The number of rotatable bonds is 4. The van der Waals surface area contributed by atoms with Gasteiger partial charge in [-0.1, -0.05) is 12.1 Å². The third-order valence-corrected chi connectivity index (χ3v) is 4.76. The highest BCUT2D eigenvalue weighted by molar-refractivity contribution is 7.99. The Kier molecular flexibility index (Phi) is 4.62. The maximum atomic E-state index is 10.0. The van der Waals surface area contributed by atoms with E-state index < -0.39 is 0 Å². The maximum Gasteiger partial charge on any atom is 0.0798 e. The van der Waals surface area contributed by atoms with E-state index in [1.165, 1.54) is 29.1 Å². The lowest BCUT2D eigenvalue weighted by Gasteiger charge is -2.18. The van der Waals surface area contributed by atoms with Crippen molar-refractivity contribution < 1.29 is 5.11 Å². The molecule has 16 heavy (non-hydrogen) atoms. The Balaban J connectivity index is 2.10. The number of aryl methyl sites for hydroxylation is 1. The number of thioether (sulfide) groups is 2. The van der Waals surface area contributed by atoms with Crippen molar-refractivity contribution in [2.45, 2.75) is 30.3 Å². The molecule has 0 amide bonds. The quantitative estimate of drug-likeness (QED) is 0.888. The minimum atomic E-state index is -0.287. The van der Waals surface area contributed by atoms with Crippen molar-refractivity contribution in [3.63, 3.8) is 0 Å². The summed E-state index contributed by atoms with van der Waals surface area (Å²) in [5.74, 6) is 2.26.